The van der Waals surface area contributed by atoms with E-state index in [0.717, 1.165) is 77.9 Å². The average Bonchev–Trinajstić information content (AvgIpc) is 2.74. The van der Waals surface area contributed by atoms with Gasteiger partial charge < -0.3 is 19.8 Å². The lowest BCUT2D eigenvalue weighted by molar-refractivity contribution is -0.136. The number of aliphatic hydroxyl groups is 1. The molecule has 2 aliphatic heterocycles. The summed E-state index contributed by atoms with van der Waals surface area (Å²) in [5.41, 5.74) is 1.24. The molecule has 1 aromatic rings. The van der Waals surface area contributed by atoms with E-state index in [-0.39, 0.29) is 17.9 Å². The smallest absolute Gasteiger partial charge is 0.223 e. The first-order valence-corrected chi connectivity index (χ1v) is 10.9. The van der Waals surface area contributed by atoms with E-state index in [0.29, 0.717) is 6.42 Å². The molecule has 5 nitrogen and oxygen atoms in total. The molecule has 0 aromatic heterocycles. The van der Waals surface area contributed by atoms with Gasteiger partial charge >= 0.3 is 0 Å². The molecule has 0 saturated carbocycles. The number of aliphatic hydroxyl groups excluding tert-OH is 1. The largest absolute Gasteiger partial charge is 0.396 e. The zero-order valence-corrected chi connectivity index (χ0v) is 17.5. The van der Waals surface area contributed by atoms with Crippen molar-refractivity contribution in [3.63, 3.8) is 0 Å². The number of likely N-dealkylation sites (tertiary alicyclic amines) is 1. The SMILES string of the molecule is CN1CCN(CCC(=O)N2CCCC(CO)(CCCc3ccccc3)C2)CC1. The maximum atomic E-state index is 12.8. The Morgan fingerprint density at radius 1 is 1.11 bits per heavy atom. The minimum absolute atomic E-state index is 0.115. The molecule has 2 heterocycles. The van der Waals surface area contributed by atoms with Crippen LogP contribution in [-0.2, 0) is 11.2 Å². The summed E-state index contributed by atoms with van der Waals surface area (Å²) in [7, 11) is 2.16. The number of carbonyl (C=O) groups excluding carboxylic acids is 1. The van der Waals surface area contributed by atoms with Crippen molar-refractivity contribution >= 4 is 5.91 Å². The molecule has 1 N–H and O–H groups in total. The van der Waals surface area contributed by atoms with Crippen LogP contribution >= 0.6 is 0 Å². The maximum absolute atomic E-state index is 12.8. The molecular weight excluding hydrogens is 350 g/mol. The molecule has 2 saturated heterocycles. The Hall–Kier alpha value is -1.43. The van der Waals surface area contributed by atoms with E-state index in [1.165, 1.54) is 5.56 Å². The Balaban J connectivity index is 1.45. The zero-order chi connectivity index (χ0) is 19.8. The molecule has 0 aliphatic carbocycles. The number of rotatable bonds is 8. The highest BCUT2D eigenvalue weighted by molar-refractivity contribution is 5.76. The van der Waals surface area contributed by atoms with E-state index < -0.39 is 0 Å². The second-order valence-electron chi connectivity index (χ2n) is 8.81. The van der Waals surface area contributed by atoms with Crippen molar-refractivity contribution in [3.8, 4) is 0 Å². The van der Waals surface area contributed by atoms with Crippen molar-refractivity contribution in [2.45, 2.75) is 38.5 Å². The van der Waals surface area contributed by atoms with Crippen molar-refractivity contribution in [3.05, 3.63) is 35.9 Å². The Morgan fingerprint density at radius 2 is 1.86 bits per heavy atom. The predicted octanol–water partition coefficient (Wildman–Crippen LogP) is 2.25. The van der Waals surface area contributed by atoms with E-state index >= 15 is 0 Å². The second-order valence-corrected chi connectivity index (χ2v) is 8.81. The molecule has 0 bridgehead atoms. The Kier molecular flexibility index (Phi) is 7.89. The Bertz CT molecular complexity index is 601. The van der Waals surface area contributed by atoms with Crippen molar-refractivity contribution in [2.75, 3.05) is 59.5 Å². The van der Waals surface area contributed by atoms with Crippen LogP contribution in [0.1, 0.15) is 37.7 Å². The van der Waals surface area contributed by atoms with Crippen LogP contribution < -0.4 is 0 Å². The Labute approximate surface area is 170 Å². The molecule has 2 fully saturated rings. The fourth-order valence-corrected chi connectivity index (χ4v) is 4.63. The third kappa shape index (κ3) is 6.03. The van der Waals surface area contributed by atoms with E-state index in [9.17, 15) is 9.90 Å². The summed E-state index contributed by atoms with van der Waals surface area (Å²) in [4.78, 5) is 19.6. The Morgan fingerprint density at radius 3 is 2.57 bits per heavy atom. The molecule has 5 heteroatoms. The van der Waals surface area contributed by atoms with Crippen molar-refractivity contribution in [1.82, 2.24) is 14.7 Å². The predicted molar refractivity (Wildman–Crippen MR) is 113 cm³/mol. The minimum Gasteiger partial charge on any atom is -0.396 e. The number of benzene rings is 1. The topological polar surface area (TPSA) is 47.0 Å². The minimum atomic E-state index is -0.115. The van der Waals surface area contributed by atoms with Gasteiger partial charge in [0.1, 0.15) is 0 Å². The van der Waals surface area contributed by atoms with Gasteiger partial charge in [0, 0.05) is 57.6 Å². The molecule has 2 aliphatic rings. The van der Waals surface area contributed by atoms with Crippen LogP contribution in [0, 0.1) is 5.41 Å². The lowest BCUT2D eigenvalue weighted by Crippen LogP contribution is -2.49. The average molecular weight is 388 g/mol. The van der Waals surface area contributed by atoms with Gasteiger partial charge in [-0.2, -0.15) is 0 Å². The number of likely N-dealkylation sites (N-methyl/N-ethyl adjacent to an activating group) is 1. The van der Waals surface area contributed by atoms with Crippen LogP contribution in [0.25, 0.3) is 0 Å². The van der Waals surface area contributed by atoms with Gasteiger partial charge in [0.25, 0.3) is 0 Å². The van der Waals surface area contributed by atoms with E-state index in [1.54, 1.807) is 0 Å². The first-order valence-electron chi connectivity index (χ1n) is 10.9. The van der Waals surface area contributed by atoms with Gasteiger partial charge in [-0.25, -0.2) is 0 Å². The van der Waals surface area contributed by atoms with Crippen LogP contribution in [0.2, 0.25) is 0 Å². The number of carbonyl (C=O) groups is 1. The first kappa shape index (κ1) is 21.3. The molecule has 156 valence electrons. The molecular formula is C23H37N3O2. The number of nitrogens with zero attached hydrogens (tertiary/aromatic N) is 3. The summed E-state index contributed by atoms with van der Waals surface area (Å²) in [6.07, 6.45) is 5.73. The number of hydrogen-bond donors (Lipinski definition) is 1. The van der Waals surface area contributed by atoms with E-state index in [2.05, 4.69) is 41.1 Å². The monoisotopic (exact) mass is 387 g/mol. The molecule has 1 unspecified atom stereocenters. The molecule has 1 aromatic carbocycles. The zero-order valence-electron chi connectivity index (χ0n) is 17.5. The highest BCUT2D eigenvalue weighted by Crippen LogP contribution is 2.35. The second kappa shape index (κ2) is 10.4. The maximum Gasteiger partial charge on any atom is 0.223 e. The van der Waals surface area contributed by atoms with Gasteiger partial charge in [0.15, 0.2) is 0 Å². The summed E-state index contributed by atoms with van der Waals surface area (Å²) >= 11 is 0. The molecule has 0 radical (unpaired) electrons. The van der Waals surface area contributed by atoms with Crippen LogP contribution in [-0.4, -0.2) is 85.2 Å². The third-order valence-corrected chi connectivity index (χ3v) is 6.60. The van der Waals surface area contributed by atoms with Crippen molar-refractivity contribution in [1.29, 1.82) is 0 Å². The lowest BCUT2D eigenvalue weighted by Gasteiger charge is -2.42. The van der Waals surface area contributed by atoms with Gasteiger partial charge in [-0.05, 0) is 44.7 Å². The molecule has 28 heavy (non-hydrogen) atoms. The highest BCUT2D eigenvalue weighted by Gasteiger charge is 2.36. The van der Waals surface area contributed by atoms with Gasteiger partial charge in [-0.3, -0.25) is 4.79 Å². The van der Waals surface area contributed by atoms with Gasteiger partial charge in [0.05, 0.1) is 6.61 Å². The fourth-order valence-electron chi connectivity index (χ4n) is 4.63. The molecule has 1 atom stereocenters. The van der Waals surface area contributed by atoms with Crippen molar-refractivity contribution in [2.24, 2.45) is 5.41 Å². The summed E-state index contributed by atoms with van der Waals surface area (Å²) in [6.45, 7) is 6.92. The van der Waals surface area contributed by atoms with Gasteiger partial charge in [0.2, 0.25) is 5.91 Å². The molecule has 0 spiro atoms. The van der Waals surface area contributed by atoms with Crippen LogP contribution in [0.15, 0.2) is 30.3 Å². The van der Waals surface area contributed by atoms with Crippen molar-refractivity contribution < 1.29 is 9.90 Å². The standard InChI is InChI=1S/C23H37N3O2/c1-24-15-17-25(18-16-24)14-10-22(28)26-13-6-12-23(19-26,20-27)11-5-9-21-7-3-2-4-8-21/h2-4,7-8,27H,5-6,9-20H2,1H3. The fraction of sp³-hybridized carbons (Fsp3) is 0.696. The number of amides is 1. The van der Waals surface area contributed by atoms with Crippen LogP contribution in [0.3, 0.4) is 0 Å². The van der Waals surface area contributed by atoms with Crippen LogP contribution in [0.5, 0.6) is 0 Å². The summed E-state index contributed by atoms with van der Waals surface area (Å²) in [5, 5.41) is 10.1. The van der Waals surface area contributed by atoms with E-state index in [1.807, 2.05) is 11.0 Å². The highest BCUT2D eigenvalue weighted by atomic mass is 16.3. The summed E-state index contributed by atoms with van der Waals surface area (Å²) < 4.78 is 0. The molecule has 3 rings (SSSR count). The number of aryl methyl sites for hydroxylation is 1. The van der Waals surface area contributed by atoms with Gasteiger partial charge in [-0.1, -0.05) is 30.3 Å². The van der Waals surface area contributed by atoms with Gasteiger partial charge in [-0.15, -0.1) is 0 Å². The van der Waals surface area contributed by atoms with Crippen LogP contribution in [0.4, 0.5) is 0 Å². The molecule has 1 amide bonds. The number of piperazine rings is 1. The quantitative estimate of drug-likeness (QED) is 0.743. The number of piperidine rings is 1. The summed E-state index contributed by atoms with van der Waals surface area (Å²) in [5.74, 6) is 0.263. The lowest BCUT2D eigenvalue weighted by atomic mass is 9.76. The normalized spacial score (nSPS) is 24.4. The first-order chi connectivity index (χ1) is 13.6. The van der Waals surface area contributed by atoms with E-state index in [4.69, 9.17) is 0 Å². The third-order valence-electron chi connectivity index (χ3n) is 6.60. The summed E-state index contributed by atoms with van der Waals surface area (Å²) in [6, 6.07) is 10.5. The number of hydrogen-bond acceptors (Lipinski definition) is 4.